The molecule has 0 atom stereocenters. The first-order chi connectivity index (χ1) is 23.5. The minimum Gasteiger partial charge on any atom is -0.493 e. The number of benzene rings is 1. The average Bonchev–Trinajstić information content (AvgIpc) is 3.07. The second-order valence-corrected chi connectivity index (χ2v) is 13.9. The summed E-state index contributed by atoms with van der Waals surface area (Å²) in [4.78, 5) is 22.6. The van der Waals surface area contributed by atoms with Gasteiger partial charge in [-0.15, -0.1) is 0 Å². The van der Waals surface area contributed by atoms with Gasteiger partial charge in [0.1, 0.15) is 24.5 Å². The summed E-state index contributed by atoms with van der Waals surface area (Å²) in [6, 6.07) is 5.63. The van der Waals surface area contributed by atoms with Gasteiger partial charge in [0.05, 0.1) is 13.2 Å². The van der Waals surface area contributed by atoms with Gasteiger partial charge in [0, 0.05) is 6.07 Å². The molecule has 1 aromatic carbocycles. The molecule has 1 rings (SSSR count). The SMILES string of the molecule is CCCCCCCCCCCCCCCCOc1cc(COC(=O)CC(=O)O)cc(OCCCCCCCCCCCCCCCC)c1. The summed E-state index contributed by atoms with van der Waals surface area (Å²) < 4.78 is 17.3. The van der Waals surface area contributed by atoms with Crippen molar-refractivity contribution in [2.24, 2.45) is 0 Å². The van der Waals surface area contributed by atoms with E-state index in [1.54, 1.807) is 0 Å². The largest absolute Gasteiger partial charge is 0.493 e. The Balaban J connectivity index is 2.26. The molecule has 0 aliphatic rings. The zero-order chi connectivity index (χ0) is 34.8. The van der Waals surface area contributed by atoms with Crippen molar-refractivity contribution in [2.75, 3.05) is 13.2 Å². The lowest BCUT2D eigenvalue weighted by molar-refractivity contribution is -0.152. The molecule has 0 bridgehead atoms. The van der Waals surface area contributed by atoms with Gasteiger partial charge in [-0.3, -0.25) is 9.59 Å². The molecule has 1 N–H and O–H groups in total. The van der Waals surface area contributed by atoms with E-state index < -0.39 is 18.4 Å². The van der Waals surface area contributed by atoms with E-state index in [2.05, 4.69) is 13.8 Å². The smallest absolute Gasteiger partial charge is 0.317 e. The number of carboxylic acid groups (broad SMARTS) is 1. The molecule has 6 nitrogen and oxygen atoms in total. The Morgan fingerprint density at radius 1 is 0.479 bits per heavy atom. The predicted octanol–water partition coefficient (Wildman–Crippen LogP) is 12.9. The highest BCUT2D eigenvalue weighted by Crippen LogP contribution is 2.25. The first-order valence-electron chi connectivity index (χ1n) is 20.3. The molecule has 0 aromatic heterocycles. The second kappa shape index (κ2) is 33.3. The van der Waals surface area contributed by atoms with Gasteiger partial charge in [-0.05, 0) is 30.5 Å². The van der Waals surface area contributed by atoms with Crippen molar-refractivity contribution < 1.29 is 28.9 Å². The summed E-state index contributed by atoms with van der Waals surface area (Å²) in [5.41, 5.74) is 0.739. The maximum atomic E-state index is 11.8. The van der Waals surface area contributed by atoms with Gasteiger partial charge in [-0.25, -0.2) is 0 Å². The molecule has 278 valence electrons. The van der Waals surface area contributed by atoms with Crippen LogP contribution in [-0.4, -0.2) is 30.3 Å². The van der Waals surface area contributed by atoms with Crippen LogP contribution >= 0.6 is 0 Å². The number of esters is 1. The number of carbonyl (C=O) groups excluding carboxylic acids is 1. The molecular formula is C42H74O6. The van der Waals surface area contributed by atoms with Crippen LogP contribution in [0.4, 0.5) is 0 Å². The number of rotatable bonds is 36. The first kappa shape index (κ1) is 43.8. The van der Waals surface area contributed by atoms with Gasteiger partial charge in [0.25, 0.3) is 0 Å². The second-order valence-electron chi connectivity index (χ2n) is 13.9. The molecule has 0 unspecified atom stereocenters. The van der Waals surface area contributed by atoms with E-state index in [0.29, 0.717) is 24.7 Å². The van der Waals surface area contributed by atoms with Crippen LogP contribution < -0.4 is 9.47 Å². The first-order valence-corrected chi connectivity index (χ1v) is 20.3. The third-order valence-corrected chi connectivity index (χ3v) is 9.17. The quantitative estimate of drug-likeness (QED) is 0.0433. The zero-order valence-electron chi connectivity index (χ0n) is 31.3. The van der Waals surface area contributed by atoms with E-state index >= 15 is 0 Å². The van der Waals surface area contributed by atoms with Crippen LogP contribution in [0.2, 0.25) is 0 Å². The van der Waals surface area contributed by atoms with E-state index in [9.17, 15) is 9.59 Å². The highest BCUT2D eigenvalue weighted by molar-refractivity contribution is 5.90. The van der Waals surface area contributed by atoms with Crippen LogP contribution in [0, 0.1) is 0 Å². The third kappa shape index (κ3) is 28.7. The van der Waals surface area contributed by atoms with Crippen molar-refractivity contribution in [1.29, 1.82) is 0 Å². The van der Waals surface area contributed by atoms with Crippen molar-refractivity contribution in [1.82, 2.24) is 0 Å². The standard InChI is InChI=1S/C42H74O6/c1-3-5-7-9-11-13-15-17-19-21-23-25-27-29-31-46-39-33-38(37-48-42(45)36-41(43)44)34-40(35-39)47-32-30-28-26-24-22-20-18-16-14-12-10-8-6-4-2/h33-35H,3-32,36-37H2,1-2H3,(H,43,44). The normalized spacial score (nSPS) is 11.1. The van der Waals surface area contributed by atoms with E-state index in [-0.39, 0.29) is 6.61 Å². The molecule has 0 aliphatic carbocycles. The predicted molar refractivity (Wildman–Crippen MR) is 200 cm³/mol. The minimum atomic E-state index is -1.19. The zero-order valence-corrected chi connectivity index (χ0v) is 31.3. The van der Waals surface area contributed by atoms with Crippen LogP contribution in [0.15, 0.2) is 18.2 Å². The Morgan fingerprint density at radius 2 is 0.792 bits per heavy atom. The number of carbonyl (C=O) groups is 2. The number of hydrogen-bond acceptors (Lipinski definition) is 5. The maximum absolute atomic E-state index is 11.8. The lowest BCUT2D eigenvalue weighted by Gasteiger charge is -2.13. The summed E-state index contributed by atoms with van der Waals surface area (Å²) in [5, 5.41) is 8.85. The lowest BCUT2D eigenvalue weighted by atomic mass is 10.0. The van der Waals surface area contributed by atoms with Crippen LogP contribution in [-0.2, 0) is 20.9 Å². The molecule has 6 heteroatoms. The fourth-order valence-corrected chi connectivity index (χ4v) is 6.19. The summed E-state index contributed by atoms with van der Waals surface area (Å²) in [6.07, 6.45) is 36.4. The molecule has 48 heavy (non-hydrogen) atoms. The highest BCUT2D eigenvalue weighted by atomic mass is 16.5. The summed E-state index contributed by atoms with van der Waals surface area (Å²) >= 11 is 0. The molecule has 0 aliphatic heterocycles. The fraction of sp³-hybridized carbons (Fsp3) is 0.810. The number of ether oxygens (including phenoxy) is 3. The monoisotopic (exact) mass is 675 g/mol. The minimum absolute atomic E-state index is 0.00259. The maximum Gasteiger partial charge on any atom is 0.317 e. The van der Waals surface area contributed by atoms with Gasteiger partial charge in [-0.2, -0.15) is 0 Å². The van der Waals surface area contributed by atoms with Gasteiger partial charge in [-0.1, -0.05) is 181 Å². The lowest BCUT2D eigenvalue weighted by Crippen LogP contribution is -2.10. The molecule has 1 aromatic rings. The van der Waals surface area contributed by atoms with Crippen LogP contribution in [0.1, 0.15) is 206 Å². The molecule has 0 heterocycles. The Labute approximate surface area is 295 Å². The van der Waals surface area contributed by atoms with Crippen LogP contribution in [0.5, 0.6) is 11.5 Å². The van der Waals surface area contributed by atoms with Gasteiger partial charge >= 0.3 is 11.9 Å². The molecule has 0 radical (unpaired) electrons. The van der Waals surface area contributed by atoms with Crippen LogP contribution in [0.3, 0.4) is 0 Å². The van der Waals surface area contributed by atoms with Crippen molar-refractivity contribution in [3.63, 3.8) is 0 Å². The average molecular weight is 675 g/mol. The van der Waals surface area contributed by atoms with Crippen LogP contribution in [0.25, 0.3) is 0 Å². The van der Waals surface area contributed by atoms with Crippen molar-refractivity contribution in [2.45, 2.75) is 207 Å². The Morgan fingerprint density at radius 3 is 1.10 bits per heavy atom. The summed E-state index contributed by atoms with van der Waals surface area (Å²) in [6.45, 7) is 5.82. The van der Waals surface area contributed by atoms with Gasteiger partial charge in [0.15, 0.2) is 0 Å². The Hall–Kier alpha value is -2.24. The Kier molecular flexibility index (Phi) is 30.3. The van der Waals surface area contributed by atoms with Crippen molar-refractivity contribution >= 4 is 11.9 Å². The van der Waals surface area contributed by atoms with Crippen molar-refractivity contribution in [3.05, 3.63) is 23.8 Å². The highest BCUT2D eigenvalue weighted by Gasteiger charge is 2.11. The molecule has 0 amide bonds. The molecule has 0 spiro atoms. The van der Waals surface area contributed by atoms with E-state index in [1.807, 2.05) is 18.2 Å². The van der Waals surface area contributed by atoms with E-state index in [4.69, 9.17) is 19.3 Å². The topological polar surface area (TPSA) is 82.1 Å². The van der Waals surface area contributed by atoms with E-state index in [0.717, 1.165) is 31.2 Å². The Bertz CT molecular complexity index is 833. The molecule has 0 saturated carbocycles. The summed E-state index contributed by atoms with van der Waals surface area (Å²) in [5.74, 6) is -0.538. The van der Waals surface area contributed by atoms with Crippen molar-refractivity contribution in [3.8, 4) is 11.5 Å². The number of aliphatic carboxylic acids is 1. The summed E-state index contributed by atoms with van der Waals surface area (Å²) in [7, 11) is 0. The number of carboxylic acids is 1. The molecule has 0 saturated heterocycles. The van der Waals surface area contributed by atoms with E-state index in [1.165, 1.54) is 154 Å². The fourth-order valence-electron chi connectivity index (χ4n) is 6.19. The van der Waals surface area contributed by atoms with Gasteiger partial charge < -0.3 is 19.3 Å². The molecule has 0 fully saturated rings. The van der Waals surface area contributed by atoms with Gasteiger partial charge in [0.2, 0.25) is 0 Å². The third-order valence-electron chi connectivity index (χ3n) is 9.17. The number of unbranched alkanes of at least 4 members (excludes halogenated alkanes) is 26. The number of hydrogen-bond donors (Lipinski definition) is 1. The molecular weight excluding hydrogens is 600 g/mol.